The second-order valence-corrected chi connectivity index (χ2v) is 30.5. The summed E-state index contributed by atoms with van der Waals surface area (Å²) in [5.74, 6) is -5.79. The number of aryl methyl sites for hydroxylation is 4. The first-order chi connectivity index (χ1) is 58.7. The zero-order valence-electron chi connectivity index (χ0n) is 70.7. The number of fused-ring (bicyclic) bond motifs is 16. The monoisotopic (exact) mass is 1660 g/mol. The molecule has 12 rings (SSSR count). The number of carbonyl (C=O) groups is 12. The summed E-state index contributed by atoms with van der Waals surface area (Å²) in [4.78, 5) is 179. The van der Waals surface area contributed by atoms with Crippen LogP contribution in [0.3, 0.4) is 0 Å². The number of carboxylic acid groups (broad SMARTS) is 2. The Morgan fingerprint density at radius 2 is 0.626 bits per heavy atom. The van der Waals surface area contributed by atoms with E-state index >= 15 is 0 Å². The SMILES string of the molecule is C=Cc1c(C)c2cc3[nH]c(cc4nc(cc5nc(cc1[nH]2)C(C)=C5CCC(=O)NCC(=O)CCC(=O)C(=O)c1ccccc1)C(CCC(=O)NCC(=O)CCC(C)=O)=C4C)c(C)c3C=C.C=Cc1c(C)c2cc3[nH]c(cc4nc(cc5nc(cc1[nH]2)C(C)=C5CCC(=O)O)C(CCC(=O)O)=C4C)c(C)c3C=C.NCC(=O)CCC(=O)C(=O)c1ccccc1. The van der Waals surface area contributed by atoms with Crippen LogP contribution < -0.4 is 16.4 Å². The molecule has 2 amide bonds. The molecular weight excluding hydrogens is 1560 g/mol. The van der Waals surface area contributed by atoms with Crippen LogP contribution in [0.5, 0.6) is 0 Å². The molecule has 0 radical (unpaired) electrons. The lowest BCUT2D eigenvalue weighted by Crippen LogP contribution is -2.29. The van der Waals surface area contributed by atoms with E-state index in [-0.39, 0.29) is 131 Å². The van der Waals surface area contributed by atoms with Gasteiger partial charge in [0.1, 0.15) is 11.6 Å². The fourth-order valence-electron chi connectivity index (χ4n) is 14.9. The largest absolute Gasteiger partial charge is 0.481 e. The molecule has 123 heavy (non-hydrogen) atoms. The number of Topliss-reactive ketones (excluding diaryl/α,β-unsaturated/α-hetero) is 8. The van der Waals surface area contributed by atoms with Crippen LogP contribution in [0.2, 0.25) is 0 Å². The number of aliphatic carboxylic acids is 2. The summed E-state index contributed by atoms with van der Waals surface area (Å²) in [6, 6.07) is 32.2. The molecule has 2 aromatic carbocycles. The first-order valence-corrected chi connectivity index (χ1v) is 40.5. The van der Waals surface area contributed by atoms with Gasteiger partial charge in [-0.05, 0) is 203 Å². The zero-order valence-corrected chi connectivity index (χ0v) is 70.7. The second-order valence-electron chi connectivity index (χ2n) is 30.5. The third-order valence-corrected chi connectivity index (χ3v) is 22.3. The van der Waals surface area contributed by atoms with Crippen molar-refractivity contribution in [2.45, 2.75) is 152 Å². The highest BCUT2D eigenvalue weighted by Gasteiger charge is 2.28. The summed E-state index contributed by atoms with van der Waals surface area (Å²) in [7, 11) is 0. The normalized spacial score (nSPS) is 12.2. The van der Waals surface area contributed by atoms with Crippen LogP contribution >= 0.6 is 0 Å². The Hall–Kier alpha value is -14.2. The highest BCUT2D eigenvalue weighted by atomic mass is 16.4. The van der Waals surface area contributed by atoms with Crippen molar-refractivity contribution in [3.8, 4) is 0 Å². The maximum Gasteiger partial charge on any atom is 0.303 e. The molecule has 0 spiro atoms. The number of benzene rings is 2. The van der Waals surface area contributed by atoms with Crippen molar-refractivity contribution in [3.63, 3.8) is 0 Å². The van der Waals surface area contributed by atoms with Gasteiger partial charge in [-0.25, -0.2) is 19.9 Å². The molecule has 0 unspecified atom stereocenters. The number of amides is 2. The zero-order chi connectivity index (χ0) is 89.2. The molecule has 25 nitrogen and oxygen atoms in total. The van der Waals surface area contributed by atoms with Gasteiger partial charge in [0.25, 0.3) is 0 Å². The Labute approximate surface area is 711 Å². The van der Waals surface area contributed by atoms with Gasteiger partial charge in [0.15, 0.2) is 11.6 Å². The average Bonchev–Trinajstić information content (AvgIpc) is 1.62. The number of H-pyrrole nitrogens is 4. The molecule has 4 aliphatic heterocycles. The van der Waals surface area contributed by atoms with E-state index in [2.05, 4.69) is 63.0 Å². The van der Waals surface area contributed by atoms with Crippen molar-refractivity contribution >= 4 is 183 Å². The number of aromatic amines is 4. The van der Waals surface area contributed by atoms with Crippen LogP contribution in [0.15, 0.2) is 136 Å². The number of nitrogens with one attached hydrogen (secondary N) is 6. The highest BCUT2D eigenvalue weighted by molar-refractivity contribution is 6.44. The summed E-state index contributed by atoms with van der Waals surface area (Å²) in [6.45, 7) is 33.1. The second kappa shape index (κ2) is 41.2. The van der Waals surface area contributed by atoms with Crippen molar-refractivity contribution < 1.29 is 67.7 Å². The molecule has 10 heterocycles. The number of ketones is 8. The van der Waals surface area contributed by atoms with Crippen molar-refractivity contribution in [1.29, 1.82) is 0 Å². The van der Waals surface area contributed by atoms with Crippen LogP contribution in [-0.4, -0.2) is 140 Å². The lowest BCUT2D eigenvalue weighted by atomic mass is 9.98. The number of rotatable bonds is 34. The summed E-state index contributed by atoms with van der Waals surface area (Å²) in [5.41, 5.74) is 32.4. The number of carboxylic acids is 2. The molecular formula is C98H101N11O14. The van der Waals surface area contributed by atoms with Gasteiger partial charge in [-0.1, -0.05) is 111 Å². The maximum atomic E-state index is 13.3. The van der Waals surface area contributed by atoms with Gasteiger partial charge in [0.05, 0.1) is 65.2 Å². The molecule has 632 valence electrons. The number of carbonyl (C=O) groups excluding carboxylic acids is 10. The lowest BCUT2D eigenvalue weighted by molar-refractivity contribution is -0.137. The van der Waals surface area contributed by atoms with E-state index in [1.54, 1.807) is 66.7 Å². The third-order valence-electron chi connectivity index (χ3n) is 22.3. The Morgan fingerprint density at radius 3 is 0.919 bits per heavy atom. The van der Waals surface area contributed by atoms with Gasteiger partial charge in [0.2, 0.25) is 34.9 Å². The van der Waals surface area contributed by atoms with Gasteiger partial charge in [-0.3, -0.25) is 52.7 Å². The van der Waals surface area contributed by atoms with Gasteiger partial charge in [0, 0.05) is 142 Å². The van der Waals surface area contributed by atoms with Crippen LogP contribution in [0.25, 0.3) is 113 Å². The summed E-state index contributed by atoms with van der Waals surface area (Å²) in [5, 5.41) is 24.3. The first-order valence-electron chi connectivity index (χ1n) is 40.5. The van der Waals surface area contributed by atoms with E-state index in [9.17, 15) is 67.7 Å². The summed E-state index contributed by atoms with van der Waals surface area (Å²) < 4.78 is 0. The van der Waals surface area contributed by atoms with Crippen LogP contribution in [0.1, 0.15) is 235 Å². The smallest absolute Gasteiger partial charge is 0.303 e. The number of allylic oxidation sites excluding steroid dienone is 8. The summed E-state index contributed by atoms with van der Waals surface area (Å²) in [6.07, 6.45) is 8.22. The Kier molecular flexibility index (Phi) is 30.5. The maximum absolute atomic E-state index is 13.3. The van der Waals surface area contributed by atoms with E-state index in [1.807, 2.05) is 116 Å². The Balaban J connectivity index is 0.000000231. The standard InChI is InChI=1S/C52H54N6O7.C34H34N4O4.C12H13NO3/c1-8-37-30(4)41-23-42-32(6)39(18-21-50(63)53-27-35(60)16-15-29(3)59)47(57-42)26-48-40(33(7)44(58-48)25-46-38(9-2)31(5)43(56-46)24-45(37)55-41)19-22-51(64)54-28-36(61)17-20-49(62)52(65)34-13-11-10-12-14-34;1-7-21-17(3)25-13-26-19(5)23(9-11-33(39)40)31(37-26)16-32-24(10-12-34(41)42)20(6)28(38-32)15-30-22(8-2)18(4)27(36-30)14-29(21)35-25;13-8-10(14)6-7-11(15)12(16)9-4-2-1-3-5-9/h8-14,23-26,55-56H,1-2,15-22,27-28H2,3-7H3,(H,53,63)(H,54,64);7-8,13-16,35-36H,1-2,9-12H2,3-6H3,(H,39,40)(H,41,42);1-5H,6-8,13H2. The molecule has 8 aromatic rings. The predicted molar refractivity (Wildman–Crippen MR) is 484 cm³/mol. The van der Waals surface area contributed by atoms with Gasteiger partial charge < -0.3 is 51.3 Å². The van der Waals surface area contributed by atoms with E-state index in [0.717, 1.165) is 145 Å². The van der Waals surface area contributed by atoms with Gasteiger partial charge in [-0.2, -0.15) is 0 Å². The molecule has 0 saturated carbocycles. The topological polar surface area (TPSA) is 410 Å². The van der Waals surface area contributed by atoms with Gasteiger partial charge >= 0.3 is 11.9 Å². The van der Waals surface area contributed by atoms with Crippen molar-refractivity contribution in [2.75, 3.05) is 19.6 Å². The minimum absolute atomic E-state index is 0.0225. The lowest BCUT2D eigenvalue weighted by Gasteiger charge is -2.08. The molecule has 16 bridgehead atoms. The first kappa shape index (κ1) is 91.1. The molecule has 0 fully saturated rings. The van der Waals surface area contributed by atoms with Crippen molar-refractivity contribution in [3.05, 3.63) is 237 Å². The van der Waals surface area contributed by atoms with E-state index < -0.39 is 35.1 Å². The molecule has 0 atom stereocenters. The highest BCUT2D eigenvalue weighted by Crippen LogP contribution is 2.41. The fourth-order valence-corrected chi connectivity index (χ4v) is 14.9. The number of hydrogen-bond acceptors (Lipinski definition) is 17. The van der Waals surface area contributed by atoms with Gasteiger partial charge in [-0.15, -0.1) is 0 Å². The molecule has 0 aliphatic carbocycles. The van der Waals surface area contributed by atoms with Crippen molar-refractivity contribution in [2.24, 2.45) is 5.73 Å². The van der Waals surface area contributed by atoms with Crippen molar-refractivity contribution in [1.82, 2.24) is 50.5 Å². The average molecular weight is 1660 g/mol. The Morgan fingerprint density at radius 1 is 0.350 bits per heavy atom. The molecule has 25 heteroatoms. The van der Waals surface area contributed by atoms with Crippen LogP contribution in [-0.2, 0) is 47.9 Å². The molecule has 4 aliphatic rings. The predicted octanol–water partition coefficient (Wildman–Crippen LogP) is 17.2. The molecule has 10 N–H and O–H groups in total. The number of nitrogens with zero attached hydrogens (tertiary/aromatic N) is 4. The minimum atomic E-state index is -0.889. The Bertz CT molecular complexity index is 6230. The number of nitrogens with two attached hydrogens (primary N) is 1. The summed E-state index contributed by atoms with van der Waals surface area (Å²) >= 11 is 0. The fraction of sp³-hybridized carbons (Fsp3) is 0.265. The van der Waals surface area contributed by atoms with E-state index in [1.165, 1.54) is 6.92 Å². The molecule has 0 saturated heterocycles. The minimum Gasteiger partial charge on any atom is -0.481 e. The number of hydrogen-bond donors (Lipinski definition) is 9. The van der Waals surface area contributed by atoms with Crippen LogP contribution in [0, 0.1) is 27.7 Å². The molecule has 6 aromatic heterocycles. The van der Waals surface area contributed by atoms with E-state index in [0.29, 0.717) is 59.0 Å². The van der Waals surface area contributed by atoms with Crippen LogP contribution in [0.4, 0.5) is 0 Å². The third kappa shape index (κ3) is 22.3. The quantitative estimate of drug-likeness (QED) is 0.0134. The van der Waals surface area contributed by atoms with E-state index in [4.69, 9.17) is 25.7 Å². The number of aromatic nitrogens is 8.